The molecule has 0 aromatic rings. The topological polar surface area (TPSA) is 18.5 Å². The Balaban J connectivity index is 1.76. The van der Waals surface area contributed by atoms with E-state index in [4.69, 9.17) is 9.47 Å². The first-order valence-electron chi connectivity index (χ1n) is 7.15. The minimum absolute atomic E-state index is 0.121. The Labute approximate surface area is 104 Å². The molecule has 0 N–H and O–H groups in total. The van der Waals surface area contributed by atoms with E-state index >= 15 is 0 Å². The zero-order chi connectivity index (χ0) is 11.9. The van der Waals surface area contributed by atoms with Crippen LogP contribution in [0.4, 0.5) is 0 Å². The molecule has 0 radical (unpaired) electrons. The molecule has 0 aromatic carbocycles. The Morgan fingerprint density at radius 1 is 1.12 bits per heavy atom. The summed E-state index contributed by atoms with van der Waals surface area (Å²) in [5.41, 5.74) is 0.121. The number of ether oxygens (including phenoxy) is 2. The first-order chi connectivity index (χ1) is 8.28. The van der Waals surface area contributed by atoms with Crippen LogP contribution in [0.25, 0.3) is 0 Å². The van der Waals surface area contributed by atoms with Crippen LogP contribution in [0.1, 0.15) is 45.4 Å². The Kier molecular flexibility index (Phi) is 2.94. The Morgan fingerprint density at radius 2 is 1.71 bits per heavy atom. The van der Waals surface area contributed by atoms with Crippen LogP contribution >= 0.6 is 0 Å². The molecule has 0 heterocycles. The molecule has 4 rings (SSSR count). The molecule has 17 heavy (non-hydrogen) atoms. The third-order valence-electron chi connectivity index (χ3n) is 5.59. The van der Waals surface area contributed by atoms with E-state index in [0.29, 0.717) is 6.79 Å². The SMILES string of the molecule is C=COCOC1(CC)C2CC3CC(C2)CC1C3. The van der Waals surface area contributed by atoms with Gasteiger partial charge in [-0.3, -0.25) is 0 Å². The van der Waals surface area contributed by atoms with Gasteiger partial charge in [0.05, 0.1) is 11.9 Å². The Hall–Kier alpha value is -0.500. The van der Waals surface area contributed by atoms with Crippen molar-refractivity contribution in [3.63, 3.8) is 0 Å². The molecule has 2 nitrogen and oxygen atoms in total. The van der Waals surface area contributed by atoms with E-state index in [9.17, 15) is 0 Å². The maximum absolute atomic E-state index is 6.20. The van der Waals surface area contributed by atoms with E-state index in [2.05, 4.69) is 13.5 Å². The molecule has 0 saturated heterocycles. The Bertz CT molecular complexity index is 269. The van der Waals surface area contributed by atoms with Crippen molar-refractivity contribution >= 4 is 0 Å². The van der Waals surface area contributed by atoms with Gasteiger partial charge in [0, 0.05) is 0 Å². The molecule has 0 spiro atoms. The van der Waals surface area contributed by atoms with E-state index < -0.39 is 0 Å². The molecule has 0 amide bonds. The standard InChI is InChI=1S/C15H24O2/c1-3-15(17-10-16-4-2)13-6-11-5-12(8-13)9-14(15)7-11/h4,11-14H,2-3,5-10H2,1H3. The minimum atomic E-state index is 0.121. The monoisotopic (exact) mass is 236 g/mol. The van der Waals surface area contributed by atoms with Crippen molar-refractivity contribution in [1.82, 2.24) is 0 Å². The summed E-state index contributed by atoms with van der Waals surface area (Å²) in [5, 5.41) is 0. The van der Waals surface area contributed by atoms with Crippen molar-refractivity contribution in [1.29, 1.82) is 0 Å². The number of hydrogen-bond acceptors (Lipinski definition) is 2. The fourth-order valence-corrected chi connectivity index (χ4v) is 5.09. The fraction of sp³-hybridized carbons (Fsp3) is 0.867. The van der Waals surface area contributed by atoms with Crippen molar-refractivity contribution in [2.24, 2.45) is 23.7 Å². The van der Waals surface area contributed by atoms with Gasteiger partial charge < -0.3 is 9.47 Å². The molecule has 0 unspecified atom stereocenters. The van der Waals surface area contributed by atoms with Crippen LogP contribution in [-0.4, -0.2) is 12.4 Å². The highest BCUT2D eigenvalue weighted by molar-refractivity contribution is 5.07. The second kappa shape index (κ2) is 4.31. The lowest BCUT2D eigenvalue weighted by atomic mass is 9.49. The minimum Gasteiger partial charge on any atom is -0.476 e. The average Bonchev–Trinajstić information content (AvgIpc) is 2.32. The van der Waals surface area contributed by atoms with E-state index in [0.717, 1.165) is 30.1 Å². The van der Waals surface area contributed by atoms with Gasteiger partial charge in [-0.1, -0.05) is 13.5 Å². The maximum atomic E-state index is 6.20. The summed E-state index contributed by atoms with van der Waals surface area (Å²) in [5.74, 6) is 3.58. The van der Waals surface area contributed by atoms with Crippen LogP contribution in [0.5, 0.6) is 0 Å². The molecule has 4 aliphatic rings. The van der Waals surface area contributed by atoms with Crippen LogP contribution < -0.4 is 0 Å². The summed E-state index contributed by atoms with van der Waals surface area (Å²) in [4.78, 5) is 0. The predicted octanol–water partition coefficient (Wildman–Crippen LogP) is 3.73. The van der Waals surface area contributed by atoms with E-state index in [-0.39, 0.29) is 5.60 Å². The highest BCUT2D eigenvalue weighted by Crippen LogP contribution is 2.60. The van der Waals surface area contributed by atoms with Gasteiger partial charge in [-0.15, -0.1) is 0 Å². The van der Waals surface area contributed by atoms with Gasteiger partial charge in [-0.25, -0.2) is 0 Å². The number of hydrogen-bond donors (Lipinski definition) is 0. The first kappa shape index (κ1) is 11.6. The second-order valence-corrected chi connectivity index (χ2v) is 6.21. The van der Waals surface area contributed by atoms with Gasteiger partial charge in [0.1, 0.15) is 0 Å². The van der Waals surface area contributed by atoms with Gasteiger partial charge in [0.25, 0.3) is 0 Å². The molecule has 0 aromatic heterocycles. The van der Waals surface area contributed by atoms with Crippen LogP contribution in [0.3, 0.4) is 0 Å². The summed E-state index contributed by atoms with van der Waals surface area (Å²) < 4.78 is 11.4. The van der Waals surface area contributed by atoms with Crippen LogP contribution in [-0.2, 0) is 9.47 Å². The van der Waals surface area contributed by atoms with Crippen molar-refractivity contribution in [3.8, 4) is 0 Å². The second-order valence-electron chi connectivity index (χ2n) is 6.21. The average molecular weight is 236 g/mol. The smallest absolute Gasteiger partial charge is 0.188 e. The van der Waals surface area contributed by atoms with E-state index in [1.165, 1.54) is 38.4 Å². The van der Waals surface area contributed by atoms with Crippen LogP contribution in [0.2, 0.25) is 0 Å². The molecule has 4 saturated carbocycles. The largest absolute Gasteiger partial charge is 0.476 e. The van der Waals surface area contributed by atoms with Gasteiger partial charge in [0.2, 0.25) is 0 Å². The highest BCUT2D eigenvalue weighted by Gasteiger charge is 2.57. The lowest BCUT2D eigenvalue weighted by molar-refractivity contribution is -0.234. The van der Waals surface area contributed by atoms with Gasteiger partial charge in [0.15, 0.2) is 6.79 Å². The van der Waals surface area contributed by atoms with Gasteiger partial charge in [-0.2, -0.15) is 0 Å². The molecule has 0 atom stereocenters. The summed E-state index contributed by atoms with van der Waals surface area (Å²) in [6.45, 7) is 6.26. The lowest BCUT2D eigenvalue weighted by Gasteiger charge is -2.60. The molecule has 4 fully saturated rings. The summed E-state index contributed by atoms with van der Waals surface area (Å²) in [6, 6.07) is 0. The maximum Gasteiger partial charge on any atom is 0.188 e. The van der Waals surface area contributed by atoms with Gasteiger partial charge in [-0.05, 0) is 62.2 Å². The molecule has 96 valence electrons. The molecular weight excluding hydrogens is 212 g/mol. The Morgan fingerprint density at radius 3 is 2.18 bits per heavy atom. The molecule has 2 heteroatoms. The molecular formula is C15H24O2. The predicted molar refractivity (Wildman–Crippen MR) is 67.3 cm³/mol. The van der Waals surface area contributed by atoms with Crippen molar-refractivity contribution in [2.75, 3.05) is 6.79 Å². The zero-order valence-corrected chi connectivity index (χ0v) is 10.9. The van der Waals surface area contributed by atoms with Crippen molar-refractivity contribution in [3.05, 3.63) is 12.8 Å². The van der Waals surface area contributed by atoms with Crippen molar-refractivity contribution < 1.29 is 9.47 Å². The third-order valence-corrected chi connectivity index (χ3v) is 5.59. The molecule has 4 aliphatic carbocycles. The van der Waals surface area contributed by atoms with Crippen LogP contribution in [0, 0.1) is 23.7 Å². The lowest BCUT2D eigenvalue weighted by Crippen LogP contribution is -2.58. The normalized spacial score (nSPS) is 47.1. The summed E-state index contributed by atoms with van der Waals surface area (Å²) in [7, 11) is 0. The molecule has 4 bridgehead atoms. The van der Waals surface area contributed by atoms with Crippen LogP contribution in [0.15, 0.2) is 12.8 Å². The quantitative estimate of drug-likeness (QED) is 0.411. The summed E-state index contributed by atoms with van der Waals surface area (Å²) >= 11 is 0. The highest BCUT2D eigenvalue weighted by atomic mass is 16.7. The summed E-state index contributed by atoms with van der Waals surface area (Å²) in [6.07, 6.45) is 9.71. The van der Waals surface area contributed by atoms with E-state index in [1.807, 2.05) is 0 Å². The fourth-order valence-electron chi connectivity index (χ4n) is 5.09. The molecule has 0 aliphatic heterocycles. The number of rotatable bonds is 5. The third kappa shape index (κ3) is 1.72. The van der Waals surface area contributed by atoms with E-state index in [1.54, 1.807) is 0 Å². The van der Waals surface area contributed by atoms with Crippen molar-refractivity contribution in [2.45, 2.75) is 51.0 Å². The first-order valence-corrected chi connectivity index (χ1v) is 7.15. The zero-order valence-electron chi connectivity index (χ0n) is 10.9. The van der Waals surface area contributed by atoms with Gasteiger partial charge >= 0.3 is 0 Å².